The lowest BCUT2D eigenvalue weighted by Crippen LogP contribution is -2.32. The first kappa shape index (κ1) is 19.1. The number of hydrogen-bond donors (Lipinski definition) is 2. The van der Waals surface area contributed by atoms with Gasteiger partial charge in [-0.2, -0.15) is 4.31 Å². The fraction of sp³-hybridized carbons (Fsp3) is 0.600. The van der Waals surface area contributed by atoms with E-state index in [0.717, 1.165) is 25.9 Å². The van der Waals surface area contributed by atoms with Crippen molar-refractivity contribution in [1.82, 2.24) is 14.3 Å². The maximum atomic E-state index is 12.9. The van der Waals surface area contributed by atoms with E-state index in [-0.39, 0.29) is 28.2 Å². The van der Waals surface area contributed by atoms with Gasteiger partial charge in [-0.05, 0) is 56.0 Å². The first-order valence-electron chi connectivity index (χ1n) is 8.19. The molecule has 3 aliphatic rings. The standard InChI is InChI=1S/C15H21N3O4S2.ClH/c19-23(20,17-13-4-5-13)14-2-1-3-15(6-14)24(21,22)18-9-11-7-16-8-12(11)10-18;/h1-3,6,11-13,16-17H,4-5,7-10H2;1H/t11-,12+;. The van der Waals surface area contributed by atoms with E-state index in [4.69, 9.17) is 0 Å². The highest BCUT2D eigenvalue weighted by atomic mass is 35.5. The number of nitrogens with zero attached hydrogens (tertiary/aromatic N) is 1. The molecule has 0 amide bonds. The van der Waals surface area contributed by atoms with Crippen molar-refractivity contribution in [1.29, 1.82) is 0 Å². The van der Waals surface area contributed by atoms with Crippen LogP contribution in [0.25, 0.3) is 0 Å². The van der Waals surface area contributed by atoms with Gasteiger partial charge in [0.15, 0.2) is 0 Å². The molecule has 4 rings (SSSR count). The predicted octanol–water partition coefficient (Wildman–Crippen LogP) is 0.389. The Kier molecular flexibility index (Phi) is 5.18. The molecule has 140 valence electrons. The third-order valence-corrected chi connectivity index (χ3v) is 8.35. The minimum absolute atomic E-state index is 0. The minimum Gasteiger partial charge on any atom is -0.316 e. The topological polar surface area (TPSA) is 95.6 Å². The summed E-state index contributed by atoms with van der Waals surface area (Å²) in [5.74, 6) is 0.700. The summed E-state index contributed by atoms with van der Waals surface area (Å²) in [7, 11) is -7.32. The molecule has 1 aromatic rings. The Bertz CT molecular complexity index is 843. The van der Waals surface area contributed by atoms with Crippen molar-refractivity contribution in [2.45, 2.75) is 28.7 Å². The summed E-state index contributed by atoms with van der Waals surface area (Å²) in [6.45, 7) is 2.68. The maximum absolute atomic E-state index is 12.9. The van der Waals surface area contributed by atoms with Crippen molar-refractivity contribution in [3.8, 4) is 0 Å². The molecule has 2 heterocycles. The van der Waals surface area contributed by atoms with Gasteiger partial charge >= 0.3 is 0 Å². The average molecular weight is 408 g/mol. The van der Waals surface area contributed by atoms with Gasteiger partial charge in [0.05, 0.1) is 9.79 Å². The summed E-state index contributed by atoms with van der Waals surface area (Å²) < 4.78 is 54.4. The van der Waals surface area contributed by atoms with Gasteiger partial charge in [-0.15, -0.1) is 12.4 Å². The largest absolute Gasteiger partial charge is 0.316 e. The van der Waals surface area contributed by atoms with Gasteiger partial charge in [0.25, 0.3) is 0 Å². The lowest BCUT2D eigenvalue weighted by atomic mass is 10.0. The predicted molar refractivity (Wildman–Crippen MR) is 95.6 cm³/mol. The summed E-state index contributed by atoms with van der Waals surface area (Å²) in [5.41, 5.74) is 0. The van der Waals surface area contributed by atoms with Crippen molar-refractivity contribution in [3.63, 3.8) is 0 Å². The Morgan fingerprint density at radius 1 is 1.00 bits per heavy atom. The Hall–Kier alpha value is -0.710. The molecule has 2 N–H and O–H groups in total. The number of halogens is 1. The van der Waals surface area contributed by atoms with Crippen LogP contribution in [0.2, 0.25) is 0 Å². The smallest absolute Gasteiger partial charge is 0.243 e. The molecule has 25 heavy (non-hydrogen) atoms. The molecule has 0 bridgehead atoms. The van der Waals surface area contributed by atoms with Crippen molar-refractivity contribution in [2.24, 2.45) is 11.8 Å². The minimum atomic E-state index is -3.66. The van der Waals surface area contributed by atoms with Gasteiger partial charge in [0.1, 0.15) is 0 Å². The van der Waals surface area contributed by atoms with Crippen LogP contribution < -0.4 is 10.0 Å². The highest BCUT2D eigenvalue weighted by Crippen LogP contribution is 2.31. The molecule has 1 aliphatic carbocycles. The second kappa shape index (κ2) is 6.79. The fourth-order valence-electron chi connectivity index (χ4n) is 3.45. The van der Waals surface area contributed by atoms with Crippen LogP contribution >= 0.6 is 12.4 Å². The van der Waals surface area contributed by atoms with Crippen LogP contribution in [0.5, 0.6) is 0 Å². The highest BCUT2D eigenvalue weighted by Gasteiger charge is 2.41. The van der Waals surface area contributed by atoms with Gasteiger partial charge < -0.3 is 5.32 Å². The van der Waals surface area contributed by atoms with Crippen molar-refractivity contribution >= 4 is 32.5 Å². The van der Waals surface area contributed by atoms with Gasteiger partial charge in [0, 0.05) is 19.1 Å². The molecule has 0 unspecified atom stereocenters. The Morgan fingerprint density at radius 2 is 1.60 bits per heavy atom. The van der Waals surface area contributed by atoms with E-state index in [1.165, 1.54) is 28.6 Å². The molecule has 7 nitrogen and oxygen atoms in total. The van der Waals surface area contributed by atoms with Crippen LogP contribution in [0.3, 0.4) is 0 Å². The third kappa shape index (κ3) is 3.72. The summed E-state index contributed by atoms with van der Waals surface area (Å²) in [6.07, 6.45) is 1.67. The van der Waals surface area contributed by atoms with E-state index in [1.54, 1.807) is 0 Å². The number of hydrogen-bond acceptors (Lipinski definition) is 5. The van der Waals surface area contributed by atoms with Crippen molar-refractivity contribution in [2.75, 3.05) is 26.2 Å². The van der Waals surface area contributed by atoms with E-state index in [1.807, 2.05) is 0 Å². The number of benzene rings is 1. The molecular formula is C15H22ClN3O4S2. The Morgan fingerprint density at radius 3 is 2.20 bits per heavy atom. The molecular weight excluding hydrogens is 386 g/mol. The van der Waals surface area contributed by atoms with Crippen LogP contribution in [0.4, 0.5) is 0 Å². The van der Waals surface area contributed by atoms with Crippen LogP contribution in [-0.2, 0) is 20.0 Å². The van der Waals surface area contributed by atoms with E-state index < -0.39 is 20.0 Å². The summed E-state index contributed by atoms with van der Waals surface area (Å²) in [5, 5.41) is 3.28. The summed E-state index contributed by atoms with van der Waals surface area (Å²) in [4.78, 5) is 0.0608. The number of sulfonamides is 2. The molecule has 2 atom stereocenters. The van der Waals surface area contributed by atoms with E-state index in [2.05, 4.69) is 10.0 Å². The molecule has 1 aromatic carbocycles. The number of nitrogens with one attached hydrogen (secondary N) is 2. The molecule has 1 saturated carbocycles. The summed E-state index contributed by atoms with van der Waals surface area (Å²) in [6, 6.07) is 5.66. The van der Waals surface area contributed by atoms with E-state index >= 15 is 0 Å². The SMILES string of the molecule is Cl.O=S(=O)(NC1CC1)c1cccc(S(=O)(=O)N2C[C@H]3CNC[C@H]3C2)c1. The Labute approximate surface area is 154 Å². The summed E-state index contributed by atoms with van der Waals surface area (Å²) >= 11 is 0. The first-order valence-corrected chi connectivity index (χ1v) is 11.1. The highest BCUT2D eigenvalue weighted by molar-refractivity contribution is 7.90. The normalized spacial score (nSPS) is 27.0. The zero-order valence-corrected chi connectivity index (χ0v) is 16.0. The lowest BCUT2D eigenvalue weighted by molar-refractivity contribution is 0.448. The Balaban J connectivity index is 0.00000182. The van der Waals surface area contributed by atoms with Gasteiger partial charge in [-0.1, -0.05) is 6.07 Å². The van der Waals surface area contributed by atoms with Crippen LogP contribution in [0.15, 0.2) is 34.1 Å². The van der Waals surface area contributed by atoms with Gasteiger partial charge in [-0.3, -0.25) is 0 Å². The average Bonchev–Trinajstić information content (AvgIpc) is 3.07. The molecule has 10 heteroatoms. The maximum Gasteiger partial charge on any atom is 0.243 e. The molecule has 2 saturated heterocycles. The molecule has 2 aliphatic heterocycles. The van der Waals surface area contributed by atoms with E-state index in [9.17, 15) is 16.8 Å². The second-order valence-corrected chi connectivity index (χ2v) is 10.5. The quantitative estimate of drug-likeness (QED) is 0.736. The number of fused-ring (bicyclic) bond motifs is 1. The fourth-order valence-corrected chi connectivity index (χ4v) is 6.47. The zero-order valence-electron chi connectivity index (χ0n) is 13.6. The van der Waals surface area contributed by atoms with Crippen LogP contribution in [0.1, 0.15) is 12.8 Å². The van der Waals surface area contributed by atoms with Crippen molar-refractivity contribution in [3.05, 3.63) is 24.3 Å². The van der Waals surface area contributed by atoms with Gasteiger partial charge in [0.2, 0.25) is 20.0 Å². The molecule has 0 radical (unpaired) electrons. The molecule has 3 fully saturated rings. The monoisotopic (exact) mass is 407 g/mol. The van der Waals surface area contributed by atoms with Crippen molar-refractivity contribution < 1.29 is 16.8 Å². The lowest BCUT2D eigenvalue weighted by Gasteiger charge is -2.18. The van der Waals surface area contributed by atoms with Gasteiger partial charge in [-0.25, -0.2) is 21.6 Å². The van der Waals surface area contributed by atoms with Crippen LogP contribution in [0, 0.1) is 11.8 Å². The van der Waals surface area contributed by atoms with Crippen LogP contribution in [-0.4, -0.2) is 53.4 Å². The van der Waals surface area contributed by atoms with E-state index in [0.29, 0.717) is 24.9 Å². The zero-order chi connectivity index (χ0) is 16.9. The molecule has 0 spiro atoms. The third-order valence-electron chi connectivity index (χ3n) is 5.01. The number of rotatable bonds is 5. The molecule has 0 aromatic heterocycles. The first-order chi connectivity index (χ1) is 11.4. The second-order valence-electron chi connectivity index (χ2n) is 6.87.